The third-order valence-corrected chi connectivity index (χ3v) is 4.02. The van der Waals surface area contributed by atoms with Gasteiger partial charge in [-0.1, -0.05) is 0 Å². The number of aliphatic hydroxyl groups is 3. The van der Waals surface area contributed by atoms with Gasteiger partial charge in [-0.25, -0.2) is 0 Å². The molecule has 0 bridgehead atoms. The van der Waals surface area contributed by atoms with Crippen LogP contribution in [0.5, 0.6) is 0 Å². The molecule has 104 valence electrons. The Labute approximate surface area is 115 Å². The molecule has 0 unspecified atom stereocenters. The van der Waals surface area contributed by atoms with Crippen LogP contribution in [-0.2, 0) is 13.1 Å². The molecule has 0 aliphatic heterocycles. The SMILES string of the molecule is CCn1nc(C)c(Br)c1CNC(CO)(CO)CO. The number of aliphatic hydroxyl groups excluding tert-OH is 3. The number of aromatic nitrogens is 2. The van der Waals surface area contributed by atoms with Gasteiger partial charge < -0.3 is 15.3 Å². The van der Waals surface area contributed by atoms with E-state index in [0.717, 1.165) is 22.4 Å². The van der Waals surface area contributed by atoms with E-state index in [1.165, 1.54) is 0 Å². The third-order valence-electron chi connectivity index (χ3n) is 2.99. The van der Waals surface area contributed by atoms with Crippen molar-refractivity contribution in [3.63, 3.8) is 0 Å². The molecule has 1 rings (SSSR count). The quantitative estimate of drug-likeness (QED) is 0.557. The van der Waals surface area contributed by atoms with Crippen molar-refractivity contribution in [3.8, 4) is 0 Å². The molecule has 0 amide bonds. The first-order chi connectivity index (χ1) is 8.53. The summed E-state index contributed by atoms with van der Waals surface area (Å²) in [5.41, 5.74) is 0.738. The van der Waals surface area contributed by atoms with Gasteiger partial charge in [0.25, 0.3) is 0 Å². The molecule has 0 spiro atoms. The lowest BCUT2D eigenvalue weighted by molar-refractivity contribution is 0.0408. The molecule has 1 aromatic heterocycles. The van der Waals surface area contributed by atoms with Crippen LogP contribution in [0.25, 0.3) is 0 Å². The van der Waals surface area contributed by atoms with Crippen LogP contribution in [0.1, 0.15) is 18.3 Å². The van der Waals surface area contributed by atoms with Crippen LogP contribution in [0.15, 0.2) is 4.47 Å². The maximum Gasteiger partial charge on any atom is 0.0884 e. The van der Waals surface area contributed by atoms with E-state index in [9.17, 15) is 15.3 Å². The molecular weight excluding hydrogens is 302 g/mol. The molecule has 0 radical (unpaired) electrons. The Hall–Kier alpha value is -0.470. The lowest BCUT2D eigenvalue weighted by Crippen LogP contribution is -2.54. The van der Waals surface area contributed by atoms with Crippen molar-refractivity contribution in [2.75, 3.05) is 19.8 Å². The lowest BCUT2D eigenvalue weighted by Gasteiger charge is -2.29. The minimum atomic E-state index is -1.07. The van der Waals surface area contributed by atoms with Gasteiger partial charge in [0.1, 0.15) is 0 Å². The van der Waals surface area contributed by atoms with Crippen molar-refractivity contribution in [2.24, 2.45) is 0 Å². The van der Waals surface area contributed by atoms with Gasteiger partial charge in [-0.15, -0.1) is 0 Å². The fourth-order valence-corrected chi connectivity index (χ4v) is 2.05. The molecule has 6 nitrogen and oxygen atoms in total. The standard InChI is InChI=1S/C11H20BrN3O3/c1-3-15-9(10(12)8(2)14-15)4-13-11(5-16,6-17)7-18/h13,16-18H,3-7H2,1-2H3. The largest absolute Gasteiger partial charge is 0.394 e. The number of hydrogen-bond donors (Lipinski definition) is 4. The zero-order valence-corrected chi connectivity index (χ0v) is 12.2. The average Bonchev–Trinajstić information content (AvgIpc) is 2.68. The van der Waals surface area contributed by atoms with Crippen LogP contribution < -0.4 is 5.32 Å². The molecule has 1 aromatic rings. The Morgan fingerprint density at radius 3 is 2.28 bits per heavy atom. The smallest absolute Gasteiger partial charge is 0.0884 e. The number of hydrogen-bond acceptors (Lipinski definition) is 5. The Bertz CT molecular complexity index is 383. The van der Waals surface area contributed by atoms with Crippen molar-refractivity contribution in [1.29, 1.82) is 0 Å². The summed E-state index contributed by atoms with van der Waals surface area (Å²) < 4.78 is 2.74. The maximum absolute atomic E-state index is 9.24. The van der Waals surface area contributed by atoms with Crippen LogP contribution in [0.3, 0.4) is 0 Å². The van der Waals surface area contributed by atoms with Gasteiger partial charge in [-0.05, 0) is 29.8 Å². The predicted molar refractivity (Wildman–Crippen MR) is 71.2 cm³/mol. The second kappa shape index (κ2) is 6.63. The highest BCUT2D eigenvalue weighted by Crippen LogP contribution is 2.21. The van der Waals surface area contributed by atoms with E-state index in [1.807, 2.05) is 18.5 Å². The summed E-state index contributed by atoms with van der Waals surface area (Å²) in [7, 11) is 0. The second-order valence-electron chi connectivity index (χ2n) is 4.27. The molecule has 0 saturated heterocycles. The highest BCUT2D eigenvalue weighted by molar-refractivity contribution is 9.10. The Morgan fingerprint density at radius 2 is 1.83 bits per heavy atom. The van der Waals surface area contributed by atoms with Crippen molar-refractivity contribution in [3.05, 3.63) is 15.9 Å². The molecule has 7 heteroatoms. The minimum Gasteiger partial charge on any atom is -0.394 e. The molecule has 0 aliphatic carbocycles. The van der Waals surface area contributed by atoms with Crippen LogP contribution in [-0.4, -0.2) is 50.5 Å². The van der Waals surface area contributed by atoms with E-state index >= 15 is 0 Å². The number of nitrogens with one attached hydrogen (secondary N) is 1. The van der Waals surface area contributed by atoms with Gasteiger partial charge in [-0.3, -0.25) is 10.00 Å². The van der Waals surface area contributed by atoms with Gasteiger partial charge in [0.15, 0.2) is 0 Å². The number of nitrogens with zero attached hydrogens (tertiary/aromatic N) is 2. The average molecular weight is 322 g/mol. The summed E-state index contributed by atoms with van der Waals surface area (Å²) >= 11 is 3.46. The summed E-state index contributed by atoms with van der Waals surface area (Å²) in [6.07, 6.45) is 0. The molecule has 18 heavy (non-hydrogen) atoms. The molecule has 0 aliphatic rings. The Kier molecular flexibility index (Phi) is 5.74. The van der Waals surface area contributed by atoms with Crippen molar-refractivity contribution in [2.45, 2.75) is 32.5 Å². The zero-order valence-electron chi connectivity index (χ0n) is 10.6. The molecular formula is C11H20BrN3O3. The monoisotopic (exact) mass is 321 g/mol. The van der Waals surface area contributed by atoms with E-state index < -0.39 is 5.54 Å². The molecule has 0 aromatic carbocycles. The molecule has 0 atom stereocenters. The summed E-state index contributed by atoms with van der Waals surface area (Å²) in [6, 6.07) is 0. The molecule has 4 N–H and O–H groups in total. The van der Waals surface area contributed by atoms with Crippen molar-refractivity contribution >= 4 is 15.9 Å². The zero-order chi connectivity index (χ0) is 13.8. The number of aryl methyl sites for hydroxylation is 2. The minimum absolute atomic E-state index is 0.336. The summed E-state index contributed by atoms with van der Waals surface area (Å²) in [6.45, 7) is 4.01. The van der Waals surface area contributed by atoms with E-state index in [1.54, 1.807) is 0 Å². The van der Waals surface area contributed by atoms with Crippen molar-refractivity contribution < 1.29 is 15.3 Å². The summed E-state index contributed by atoms with van der Waals surface area (Å²) in [5, 5.41) is 35.1. The van der Waals surface area contributed by atoms with Crippen LogP contribution in [0, 0.1) is 6.92 Å². The number of rotatable bonds is 7. The van der Waals surface area contributed by atoms with E-state index in [2.05, 4.69) is 26.3 Å². The Balaban J connectivity index is 2.85. The highest BCUT2D eigenvalue weighted by atomic mass is 79.9. The topological polar surface area (TPSA) is 90.5 Å². The van der Waals surface area contributed by atoms with Gasteiger partial charge >= 0.3 is 0 Å². The molecule has 0 fully saturated rings. The van der Waals surface area contributed by atoms with Gasteiger partial charge in [0, 0.05) is 13.1 Å². The molecule has 1 heterocycles. The van der Waals surface area contributed by atoms with E-state index in [4.69, 9.17) is 0 Å². The van der Waals surface area contributed by atoms with Gasteiger partial charge in [-0.2, -0.15) is 5.10 Å². The van der Waals surface area contributed by atoms with Gasteiger partial charge in [0.2, 0.25) is 0 Å². The highest BCUT2D eigenvalue weighted by Gasteiger charge is 2.28. The Morgan fingerprint density at radius 1 is 1.28 bits per heavy atom. The predicted octanol–water partition coefficient (Wildman–Crippen LogP) is -0.221. The number of halogens is 1. The normalized spacial score (nSPS) is 12.1. The van der Waals surface area contributed by atoms with Crippen LogP contribution in [0.2, 0.25) is 0 Å². The summed E-state index contributed by atoms with van der Waals surface area (Å²) in [4.78, 5) is 0. The van der Waals surface area contributed by atoms with Crippen LogP contribution in [0.4, 0.5) is 0 Å². The first-order valence-corrected chi connectivity index (χ1v) is 6.62. The maximum atomic E-state index is 9.24. The first-order valence-electron chi connectivity index (χ1n) is 5.83. The van der Waals surface area contributed by atoms with E-state index in [0.29, 0.717) is 6.54 Å². The fourth-order valence-electron chi connectivity index (χ4n) is 1.63. The molecule has 0 saturated carbocycles. The van der Waals surface area contributed by atoms with Crippen molar-refractivity contribution in [1.82, 2.24) is 15.1 Å². The summed E-state index contributed by atoms with van der Waals surface area (Å²) in [5.74, 6) is 0. The third kappa shape index (κ3) is 3.10. The lowest BCUT2D eigenvalue weighted by atomic mass is 10.0. The van der Waals surface area contributed by atoms with Gasteiger partial charge in [0.05, 0.1) is 41.2 Å². The second-order valence-corrected chi connectivity index (χ2v) is 5.06. The first kappa shape index (κ1) is 15.6. The van der Waals surface area contributed by atoms with Crippen LogP contribution >= 0.6 is 15.9 Å². The fraction of sp³-hybridized carbons (Fsp3) is 0.727. The van der Waals surface area contributed by atoms with E-state index in [-0.39, 0.29) is 19.8 Å².